The SMILES string of the molecule is Cc1ccc(F)c(NC(C)c2ccccc2O)c1. The lowest BCUT2D eigenvalue weighted by Crippen LogP contribution is -2.08. The number of benzene rings is 2. The molecule has 1 atom stereocenters. The van der Waals surface area contributed by atoms with Gasteiger partial charge < -0.3 is 10.4 Å². The van der Waals surface area contributed by atoms with Crippen LogP contribution in [0.1, 0.15) is 24.1 Å². The van der Waals surface area contributed by atoms with Crippen LogP contribution in [0.5, 0.6) is 5.75 Å². The van der Waals surface area contributed by atoms with Crippen molar-refractivity contribution in [2.24, 2.45) is 0 Å². The van der Waals surface area contributed by atoms with Crippen molar-refractivity contribution >= 4 is 5.69 Å². The number of phenolic OH excluding ortho intramolecular Hbond substituents is 1. The summed E-state index contributed by atoms with van der Waals surface area (Å²) in [6.45, 7) is 3.80. The van der Waals surface area contributed by atoms with Crippen molar-refractivity contribution in [2.75, 3.05) is 5.32 Å². The molecule has 2 nitrogen and oxygen atoms in total. The average Bonchev–Trinajstić information content (AvgIpc) is 2.34. The van der Waals surface area contributed by atoms with Crippen molar-refractivity contribution in [1.82, 2.24) is 0 Å². The van der Waals surface area contributed by atoms with E-state index in [1.54, 1.807) is 24.3 Å². The molecule has 0 aliphatic heterocycles. The zero-order valence-corrected chi connectivity index (χ0v) is 10.4. The number of halogens is 1. The number of para-hydroxylation sites is 1. The number of aryl methyl sites for hydroxylation is 1. The first-order chi connectivity index (χ1) is 8.58. The molecule has 3 heteroatoms. The summed E-state index contributed by atoms with van der Waals surface area (Å²) in [6, 6.07) is 11.8. The highest BCUT2D eigenvalue weighted by Crippen LogP contribution is 2.27. The number of nitrogens with one attached hydrogen (secondary N) is 1. The molecule has 0 fully saturated rings. The maximum Gasteiger partial charge on any atom is 0.146 e. The molecular weight excluding hydrogens is 229 g/mol. The zero-order valence-electron chi connectivity index (χ0n) is 10.4. The lowest BCUT2D eigenvalue weighted by atomic mass is 10.1. The summed E-state index contributed by atoms with van der Waals surface area (Å²) in [5, 5.41) is 12.8. The fourth-order valence-electron chi connectivity index (χ4n) is 1.91. The Morgan fingerprint density at radius 3 is 2.61 bits per heavy atom. The van der Waals surface area contributed by atoms with E-state index in [9.17, 15) is 9.50 Å². The van der Waals surface area contributed by atoms with Crippen LogP contribution in [-0.4, -0.2) is 5.11 Å². The van der Waals surface area contributed by atoms with Crippen molar-refractivity contribution in [3.05, 3.63) is 59.4 Å². The van der Waals surface area contributed by atoms with Crippen LogP contribution in [0.4, 0.5) is 10.1 Å². The smallest absolute Gasteiger partial charge is 0.146 e. The van der Waals surface area contributed by atoms with Gasteiger partial charge in [-0.1, -0.05) is 24.3 Å². The molecule has 18 heavy (non-hydrogen) atoms. The molecule has 0 heterocycles. The highest BCUT2D eigenvalue weighted by atomic mass is 19.1. The topological polar surface area (TPSA) is 32.3 Å². The molecule has 94 valence electrons. The maximum atomic E-state index is 13.6. The molecule has 0 aliphatic rings. The van der Waals surface area contributed by atoms with Crippen molar-refractivity contribution in [3.8, 4) is 5.75 Å². The number of anilines is 1. The minimum atomic E-state index is -0.289. The Balaban J connectivity index is 2.24. The number of aromatic hydroxyl groups is 1. The fraction of sp³-hybridized carbons (Fsp3) is 0.200. The summed E-state index contributed by atoms with van der Waals surface area (Å²) >= 11 is 0. The van der Waals surface area contributed by atoms with Crippen LogP contribution in [-0.2, 0) is 0 Å². The fourth-order valence-corrected chi connectivity index (χ4v) is 1.91. The molecule has 2 aromatic rings. The number of phenols is 1. The summed E-state index contributed by atoms with van der Waals surface area (Å²) in [5.41, 5.74) is 2.19. The summed E-state index contributed by atoms with van der Waals surface area (Å²) < 4.78 is 13.6. The molecule has 0 bridgehead atoms. The lowest BCUT2D eigenvalue weighted by Gasteiger charge is -2.17. The van der Waals surface area contributed by atoms with Gasteiger partial charge in [-0.25, -0.2) is 4.39 Å². The number of rotatable bonds is 3. The van der Waals surface area contributed by atoms with E-state index in [0.717, 1.165) is 11.1 Å². The molecule has 1 unspecified atom stereocenters. The highest BCUT2D eigenvalue weighted by Gasteiger charge is 2.11. The Hall–Kier alpha value is -2.03. The number of hydrogen-bond acceptors (Lipinski definition) is 2. The first kappa shape index (κ1) is 12.4. The molecule has 0 aliphatic carbocycles. The molecule has 0 amide bonds. The van der Waals surface area contributed by atoms with Gasteiger partial charge in [-0.05, 0) is 37.6 Å². The lowest BCUT2D eigenvalue weighted by molar-refractivity contribution is 0.465. The Bertz CT molecular complexity index is 554. The molecule has 2 rings (SSSR count). The van der Waals surface area contributed by atoms with E-state index in [2.05, 4.69) is 5.32 Å². The Kier molecular flexibility index (Phi) is 3.51. The molecule has 0 saturated carbocycles. The van der Waals surface area contributed by atoms with Gasteiger partial charge in [0.25, 0.3) is 0 Å². The predicted molar refractivity (Wildman–Crippen MR) is 71.3 cm³/mol. The maximum absolute atomic E-state index is 13.6. The van der Waals surface area contributed by atoms with E-state index >= 15 is 0 Å². The van der Waals surface area contributed by atoms with Crippen LogP contribution in [0.2, 0.25) is 0 Å². The van der Waals surface area contributed by atoms with Gasteiger partial charge in [0.1, 0.15) is 11.6 Å². The molecule has 0 spiro atoms. The van der Waals surface area contributed by atoms with Crippen molar-refractivity contribution in [2.45, 2.75) is 19.9 Å². The Morgan fingerprint density at radius 1 is 1.17 bits per heavy atom. The van der Waals surface area contributed by atoms with E-state index in [-0.39, 0.29) is 17.6 Å². The minimum absolute atomic E-state index is 0.164. The van der Waals surface area contributed by atoms with E-state index in [1.807, 2.05) is 26.0 Å². The second kappa shape index (κ2) is 5.08. The Labute approximate surface area is 106 Å². The van der Waals surface area contributed by atoms with Gasteiger partial charge in [0.15, 0.2) is 0 Å². The van der Waals surface area contributed by atoms with Gasteiger partial charge in [-0.3, -0.25) is 0 Å². The van der Waals surface area contributed by atoms with Gasteiger partial charge >= 0.3 is 0 Å². The van der Waals surface area contributed by atoms with Crippen molar-refractivity contribution in [1.29, 1.82) is 0 Å². The molecular formula is C15H16FNO. The summed E-state index contributed by atoms with van der Waals surface area (Å²) in [7, 11) is 0. The predicted octanol–water partition coefficient (Wildman–Crippen LogP) is 4.01. The van der Waals surface area contributed by atoms with Gasteiger partial charge in [0, 0.05) is 5.56 Å². The largest absolute Gasteiger partial charge is 0.508 e. The quantitative estimate of drug-likeness (QED) is 0.856. The van der Waals surface area contributed by atoms with Gasteiger partial charge in [0.05, 0.1) is 11.7 Å². The van der Waals surface area contributed by atoms with Crippen LogP contribution in [0, 0.1) is 12.7 Å². The number of hydrogen-bond donors (Lipinski definition) is 2. The van der Waals surface area contributed by atoms with Gasteiger partial charge in [0.2, 0.25) is 0 Å². The van der Waals surface area contributed by atoms with E-state index in [1.165, 1.54) is 6.07 Å². The third kappa shape index (κ3) is 2.62. The Morgan fingerprint density at radius 2 is 1.89 bits per heavy atom. The van der Waals surface area contributed by atoms with E-state index in [0.29, 0.717) is 5.69 Å². The molecule has 2 N–H and O–H groups in total. The summed E-state index contributed by atoms with van der Waals surface area (Å²) in [4.78, 5) is 0. The zero-order chi connectivity index (χ0) is 13.1. The normalized spacial score (nSPS) is 12.2. The second-order valence-electron chi connectivity index (χ2n) is 4.41. The van der Waals surface area contributed by atoms with E-state index in [4.69, 9.17) is 0 Å². The van der Waals surface area contributed by atoms with Gasteiger partial charge in [-0.15, -0.1) is 0 Å². The third-order valence-electron chi connectivity index (χ3n) is 2.90. The van der Waals surface area contributed by atoms with Crippen LogP contribution >= 0.6 is 0 Å². The van der Waals surface area contributed by atoms with Crippen LogP contribution in [0.3, 0.4) is 0 Å². The summed E-state index contributed by atoms with van der Waals surface area (Å²) in [6.07, 6.45) is 0. The van der Waals surface area contributed by atoms with Crippen molar-refractivity contribution < 1.29 is 9.50 Å². The van der Waals surface area contributed by atoms with Crippen LogP contribution < -0.4 is 5.32 Å². The van der Waals surface area contributed by atoms with Gasteiger partial charge in [-0.2, -0.15) is 0 Å². The molecule has 2 aromatic carbocycles. The molecule has 0 aromatic heterocycles. The van der Waals surface area contributed by atoms with Crippen molar-refractivity contribution in [3.63, 3.8) is 0 Å². The highest BCUT2D eigenvalue weighted by molar-refractivity contribution is 5.50. The summed E-state index contributed by atoms with van der Waals surface area (Å²) in [5.74, 6) is -0.0755. The molecule has 0 radical (unpaired) electrons. The third-order valence-corrected chi connectivity index (χ3v) is 2.90. The second-order valence-corrected chi connectivity index (χ2v) is 4.41. The monoisotopic (exact) mass is 245 g/mol. The van der Waals surface area contributed by atoms with E-state index < -0.39 is 0 Å². The first-order valence-corrected chi connectivity index (χ1v) is 5.88. The average molecular weight is 245 g/mol. The molecule has 0 saturated heterocycles. The minimum Gasteiger partial charge on any atom is -0.508 e. The van der Waals surface area contributed by atoms with Crippen LogP contribution in [0.15, 0.2) is 42.5 Å². The van der Waals surface area contributed by atoms with Crippen LogP contribution in [0.25, 0.3) is 0 Å². The standard InChI is InChI=1S/C15H16FNO/c1-10-7-8-13(16)14(9-10)17-11(2)12-5-3-4-6-15(12)18/h3-9,11,17-18H,1-2H3. The first-order valence-electron chi connectivity index (χ1n) is 5.88.